The van der Waals surface area contributed by atoms with Gasteiger partial charge in [-0.3, -0.25) is 0 Å². The summed E-state index contributed by atoms with van der Waals surface area (Å²) in [6.45, 7) is 7.67. The summed E-state index contributed by atoms with van der Waals surface area (Å²) in [7, 11) is 1.87. The largest absolute Gasteiger partial charge is 0.339 e. The van der Waals surface area contributed by atoms with E-state index in [0.29, 0.717) is 5.92 Å². The lowest BCUT2D eigenvalue weighted by Gasteiger charge is -2.17. The molecule has 2 N–H and O–H groups in total. The van der Waals surface area contributed by atoms with Gasteiger partial charge in [-0.05, 0) is 6.20 Å². The number of hydrogen-bond acceptors (Lipinski definition) is 2. The van der Waals surface area contributed by atoms with Gasteiger partial charge in [-0.1, -0.05) is 20.4 Å². The van der Waals surface area contributed by atoms with Gasteiger partial charge in [-0.25, -0.2) is 0 Å². The molecule has 0 aliphatic carbocycles. The van der Waals surface area contributed by atoms with Gasteiger partial charge in [-0.2, -0.15) is 5.10 Å². The molecule has 0 aliphatic heterocycles. The molecule has 0 radical (unpaired) electrons. The maximum atomic E-state index is 5.15. The molecule has 0 aromatic heterocycles. The summed E-state index contributed by atoms with van der Waals surface area (Å²) < 4.78 is 0. The molecular weight excluding hydrogens is 126 g/mol. The molecule has 10 heavy (non-hydrogen) atoms. The second-order valence-electron chi connectivity index (χ2n) is 2.44. The van der Waals surface area contributed by atoms with E-state index in [2.05, 4.69) is 11.7 Å². The highest BCUT2D eigenvalue weighted by Crippen LogP contribution is 1.99. The second-order valence-corrected chi connectivity index (χ2v) is 2.44. The van der Waals surface area contributed by atoms with Crippen LogP contribution in [-0.2, 0) is 0 Å². The summed E-state index contributed by atoms with van der Waals surface area (Å²) in [6.07, 6.45) is 1.69. The molecular formula is C7H15N3. The number of nitrogens with zero attached hydrogens (tertiary/aromatic N) is 2. The van der Waals surface area contributed by atoms with Gasteiger partial charge in [0.15, 0.2) is 0 Å². The zero-order chi connectivity index (χ0) is 8.15. The van der Waals surface area contributed by atoms with E-state index in [-0.39, 0.29) is 0 Å². The minimum atomic E-state index is 0.341. The fourth-order valence-electron chi connectivity index (χ4n) is 0.741. The fourth-order valence-corrected chi connectivity index (χ4v) is 0.741. The van der Waals surface area contributed by atoms with E-state index < -0.39 is 0 Å². The molecule has 0 rings (SSSR count). The van der Waals surface area contributed by atoms with Crippen molar-refractivity contribution in [3.8, 4) is 0 Å². The Balaban J connectivity index is 4.22. The SMILES string of the molecule is C=CN(C)/C(=N\N)C(C)C. The van der Waals surface area contributed by atoms with Crippen LogP contribution in [-0.4, -0.2) is 17.8 Å². The first-order chi connectivity index (χ1) is 4.63. The molecule has 0 fully saturated rings. The first kappa shape index (κ1) is 9.01. The number of amidine groups is 1. The highest BCUT2D eigenvalue weighted by Gasteiger charge is 2.06. The van der Waals surface area contributed by atoms with Crippen molar-refractivity contribution in [3.63, 3.8) is 0 Å². The number of hydrazone groups is 1. The standard InChI is InChI=1S/C7H15N3/c1-5-10(4)7(9-8)6(2)3/h5-6H,1,8H2,2-4H3/b9-7-. The highest BCUT2D eigenvalue weighted by molar-refractivity contribution is 5.84. The third kappa shape index (κ3) is 2.09. The predicted molar refractivity (Wildman–Crippen MR) is 44.4 cm³/mol. The zero-order valence-electron chi connectivity index (χ0n) is 6.83. The normalized spacial score (nSPS) is 11.8. The molecule has 0 atom stereocenters. The van der Waals surface area contributed by atoms with Crippen LogP contribution in [0, 0.1) is 5.92 Å². The van der Waals surface area contributed by atoms with E-state index in [4.69, 9.17) is 5.84 Å². The zero-order valence-corrected chi connectivity index (χ0v) is 6.83. The van der Waals surface area contributed by atoms with Crippen molar-refractivity contribution in [2.75, 3.05) is 7.05 Å². The molecule has 0 spiro atoms. The monoisotopic (exact) mass is 141 g/mol. The van der Waals surface area contributed by atoms with Crippen LogP contribution >= 0.6 is 0 Å². The summed E-state index contributed by atoms with van der Waals surface area (Å²) in [5.41, 5.74) is 0. The van der Waals surface area contributed by atoms with Gasteiger partial charge in [0, 0.05) is 13.0 Å². The molecule has 58 valence electrons. The van der Waals surface area contributed by atoms with Crippen LogP contribution in [0.25, 0.3) is 0 Å². The van der Waals surface area contributed by atoms with Gasteiger partial charge >= 0.3 is 0 Å². The van der Waals surface area contributed by atoms with Crippen molar-refractivity contribution in [2.24, 2.45) is 16.9 Å². The van der Waals surface area contributed by atoms with Crippen molar-refractivity contribution >= 4 is 5.84 Å². The van der Waals surface area contributed by atoms with E-state index in [1.54, 1.807) is 6.20 Å². The quantitative estimate of drug-likeness (QED) is 0.270. The molecule has 0 bridgehead atoms. The smallest absolute Gasteiger partial charge is 0.130 e. The maximum Gasteiger partial charge on any atom is 0.130 e. The second kappa shape index (κ2) is 3.93. The molecule has 0 amide bonds. The molecule has 0 aromatic carbocycles. The van der Waals surface area contributed by atoms with Crippen molar-refractivity contribution in [2.45, 2.75) is 13.8 Å². The average molecular weight is 141 g/mol. The van der Waals surface area contributed by atoms with Crippen LogP contribution in [0.4, 0.5) is 0 Å². The summed E-state index contributed by atoms with van der Waals surface area (Å²) in [5.74, 6) is 6.33. The molecule has 3 nitrogen and oxygen atoms in total. The van der Waals surface area contributed by atoms with Gasteiger partial charge in [0.05, 0.1) is 0 Å². The molecule has 0 aliphatic rings. The van der Waals surface area contributed by atoms with Crippen LogP contribution in [0.5, 0.6) is 0 Å². The number of hydrogen-bond donors (Lipinski definition) is 1. The summed E-state index contributed by atoms with van der Waals surface area (Å²) in [5, 5.41) is 3.63. The minimum Gasteiger partial charge on any atom is -0.339 e. The van der Waals surface area contributed by atoms with Crippen LogP contribution in [0.2, 0.25) is 0 Å². The lowest BCUT2D eigenvalue weighted by Crippen LogP contribution is -2.27. The van der Waals surface area contributed by atoms with Gasteiger partial charge in [0.25, 0.3) is 0 Å². The van der Waals surface area contributed by atoms with Crippen molar-refractivity contribution < 1.29 is 0 Å². The van der Waals surface area contributed by atoms with Gasteiger partial charge < -0.3 is 10.7 Å². The van der Waals surface area contributed by atoms with Crippen molar-refractivity contribution in [3.05, 3.63) is 12.8 Å². The van der Waals surface area contributed by atoms with Crippen LogP contribution in [0.3, 0.4) is 0 Å². The summed E-state index contributed by atoms with van der Waals surface area (Å²) in [4.78, 5) is 1.81. The molecule has 0 unspecified atom stereocenters. The maximum absolute atomic E-state index is 5.15. The van der Waals surface area contributed by atoms with Gasteiger partial charge in [0.1, 0.15) is 5.84 Å². The van der Waals surface area contributed by atoms with Crippen LogP contribution in [0.15, 0.2) is 17.9 Å². The fraction of sp³-hybridized carbons (Fsp3) is 0.571. The average Bonchev–Trinajstić information content (AvgIpc) is 1.88. The third-order valence-corrected chi connectivity index (χ3v) is 1.28. The molecule has 0 saturated heterocycles. The van der Waals surface area contributed by atoms with Crippen LogP contribution in [0.1, 0.15) is 13.8 Å². The molecule has 0 saturated carbocycles. The molecule has 0 heterocycles. The Kier molecular flexibility index (Phi) is 3.54. The molecule has 3 heteroatoms. The number of nitrogens with two attached hydrogens (primary N) is 1. The lowest BCUT2D eigenvalue weighted by atomic mass is 10.2. The molecule has 0 aromatic rings. The van der Waals surface area contributed by atoms with Crippen molar-refractivity contribution in [1.82, 2.24) is 4.90 Å². The topological polar surface area (TPSA) is 41.6 Å². The Labute approximate surface area is 62.2 Å². The Morgan fingerprint density at radius 2 is 2.20 bits per heavy atom. The first-order valence-corrected chi connectivity index (χ1v) is 3.26. The lowest BCUT2D eigenvalue weighted by molar-refractivity contribution is 0.623. The van der Waals surface area contributed by atoms with Crippen molar-refractivity contribution in [1.29, 1.82) is 0 Å². The summed E-state index contributed by atoms with van der Waals surface area (Å²) in [6, 6.07) is 0. The third-order valence-electron chi connectivity index (χ3n) is 1.28. The Morgan fingerprint density at radius 1 is 1.70 bits per heavy atom. The van der Waals surface area contributed by atoms with E-state index >= 15 is 0 Å². The van der Waals surface area contributed by atoms with Gasteiger partial charge in [-0.15, -0.1) is 0 Å². The van der Waals surface area contributed by atoms with Gasteiger partial charge in [0.2, 0.25) is 0 Å². The first-order valence-electron chi connectivity index (χ1n) is 3.26. The van der Waals surface area contributed by atoms with E-state index in [9.17, 15) is 0 Å². The van der Waals surface area contributed by atoms with E-state index in [1.165, 1.54) is 0 Å². The minimum absolute atomic E-state index is 0.341. The van der Waals surface area contributed by atoms with E-state index in [0.717, 1.165) is 5.84 Å². The predicted octanol–water partition coefficient (Wildman–Crippen LogP) is 0.990. The Hall–Kier alpha value is -0.990. The highest BCUT2D eigenvalue weighted by atomic mass is 15.2. The summed E-state index contributed by atoms with van der Waals surface area (Å²) >= 11 is 0. The Bertz CT molecular complexity index is 138. The number of rotatable bonds is 2. The van der Waals surface area contributed by atoms with Crippen LogP contribution < -0.4 is 5.84 Å². The van der Waals surface area contributed by atoms with E-state index in [1.807, 2.05) is 25.8 Å². The Morgan fingerprint density at radius 3 is 2.30 bits per heavy atom.